The van der Waals surface area contributed by atoms with Crippen LogP contribution in [0.3, 0.4) is 0 Å². The lowest BCUT2D eigenvalue weighted by Gasteiger charge is -2.35. The number of aromatic nitrogens is 3. The SMILES string of the molecule is Cc1nsc(N2CCN(C(=O)C(C)c3cn(C)c4ccccc34)CC2)n1. The standard InChI is InChI=1S/C19H23N5OS/c1-13(16-12-22(3)17-7-5-4-6-15(16)17)18(25)23-8-10-24(11-9-23)19-20-14(2)21-26-19/h4-7,12-13H,8-11H2,1-3H3. The number of rotatable bonds is 3. The van der Waals surface area contributed by atoms with Crippen LogP contribution in [-0.2, 0) is 11.8 Å². The molecule has 6 nitrogen and oxygen atoms in total. The van der Waals surface area contributed by atoms with Gasteiger partial charge in [0.05, 0.1) is 5.92 Å². The second-order valence-corrected chi connectivity index (χ2v) is 7.60. The number of hydrogen-bond acceptors (Lipinski definition) is 5. The molecular weight excluding hydrogens is 346 g/mol. The topological polar surface area (TPSA) is 54.3 Å². The summed E-state index contributed by atoms with van der Waals surface area (Å²) in [5.74, 6) is 0.874. The Morgan fingerprint density at radius 3 is 2.62 bits per heavy atom. The van der Waals surface area contributed by atoms with Gasteiger partial charge in [-0.1, -0.05) is 18.2 Å². The van der Waals surface area contributed by atoms with Crippen LogP contribution in [0.1, 0.15) is 24.2 Å². The summed E-state index contributed by atoms with van der Waals surface area (Å²) in [4.78, 5) is 21.7. The van der Waals surface area contributed by atoms with Crippen LogP contribution < -0.4 is 4.90 Å². The molecule has 0 radical (unpaired) electrons. The molecule has 7 heteroatoms. The molecule has 1 atom stereocenters. The van der Waals surface area contributed by atoms with Crippen molar-refractivity contribution >= 4 is 33.5 Å². The van der Waals surface area contributed by atoms with E-state index >= 15 is 0 Å². The van der Waals surface area contributed by atoms with Crippen molar-refractivity contribution < 1.29 is 4.79 Å². The van der Waals surface area contributed by atoms with Crippen LogP contribution in [0.15, 0.2) is 30.5 Å². The molecule has 0 aliphatic carbocycles. The van der Waals surface area contributed by atoms with E-state index in [2.05, 4.69) is 37.2 Å². The maximum Gasteiger partial charge on any atom is 0.230 e. The summed E-state index contributed by atoms with van der Waals surface area (Å²) in [6, 6.07) is 8.27. The number of piperazine rings is 1. The number of hydrogen-bond donors (Lipinski definition) is 0. The van der Waals surface area contributed by atoms with Crippen molar-refractivity contribution in [3.05, 3.63) is 41.9 Å². The highest BCUT2D eigenvalue weighted by molar-refractivity contribution is 7.09. The Hall–Kier alpha value is -2.41. The van der Waals surface area contributed by atoms with Crippen LogP contribution in [-0.4, -0.2) is 50.9 Å². The minimum absolute atomic E-state index is 0.142. The summed E-state index contributed by atoms with van der Waals surface area (Å²) < 4.78 is 6.35. The molecule has 0 N–H and O–H groups in total. The predicted octanol–water partition coefficient (Wildman–Crippen LogP) is 2.79. The summed E-state index contributed by atoms with van der Waals surface area (Å²) in [6.45, 7) is 7.00. The molecular formula is C19H23N5OS. The highest BCUT2D eigenvalue weighted by Crippen LogP contribution is 2.29. The quantitative estimate of drug-likeness (QED) is 0.712. The number of anilines is 1. The molecule has 2 aromatic heterocycles. The van der Waals surface area contributed by atoms with E-state index in [4.69, 9.17) is 0 Å². The zero-order valence-corrected chi connectivity index (χ0v) is 16.2. The van der Waals surface area contributed by atoms with Crippen molar-refractivity contribution in [2.45, 2.75) is 19.8 Å². The first kappa shape index (κ1) is 17.0. The number of carbonyl (C=O) groups excluding carboxylic acids is 1. The van der Waals surface area contributed by atoms with E-state index in [9.17, 15) is 4.79 Å². The Morgan fingerprint density at radius 1 is 1.19 bits per heavy atom. The average Bonchev–Trinajstić information content (AvgIpc) is 3.25. The van der Waals surface area contributed by atoms with Crippen LogP contribution in [0.25, 0.3) is 10.9 Å². The van der Waals surface area contributed by atoms with E-state index in [0.29, 0.717) is 0 Å². The molecule has 0 bridgehead atoms. The first-order valence-electron chi connectivity index (χ1n) is 8.92. The van der Waals surface area contributed by atoms with Gasteiger partial charge < -0.3 is 14.4 Å². The summed E-state index contributed by atoms with van der Waals surface area (Å²) in [5, 5.41) is 2.12. The van der Waals surface area contributed by atoms with Gasteiger partial charge in [0.15, 0.2) is 0 Å². The van der Waals surface area contributed by atoms with E-state index in [-0.39, 0.29) is 11.8 Å². The maximum absolute atomic E-state index is 13.1. The molecule has 1 fully saturated rings. The normalized spacial score (nSPS) is 16.3. The van der Waals surface area contributed by atoms with E-state index in [1.54, 1.807) is 0 Å². The van der Waals surface area contributed by atoms with E-state index in [1.165, 1.54) is 22.4 Å². The number of nitrogens with zero attached hydrogens (tertiary/aromatic N) is 5. The zero-order chi connectivity index (χ0) is 18.3. The molecule has 26 heavy (non-hydrogen) atoms. The average molecular weight is 369 g/mol. The highest BCUT2D eigenvalue weighted by Gasteiger charge is 2.28. The van der Waals surface area contributed by atoms with Gasteiger partial charge >= 0.3 is 0 Å². The summed E-state index contributed by atoms with van der Waals surface area (Å²) in [7, 11) is 2.03. The van der Waals surface area contributed by atoms with Gasteiger partial charge in [0.25, 0.3) is 0 Å². The van der Waals surface area contributed by atoms with Gasteiger partial charge in [-0.3, -0.25) is 4.79 Å². The molecule has 136 valence electrons. The van der Waals surface area contributed by atoms with Gasteiger partial charge in [-0.2, -0.15) is 4.37 Å². The van der Waals surface area contributed by atoms with Crippen molar-refractivity contribution in [1.82, 2.24) is 18.8 Å². The third-order valence-electron chi connectivity index (χ3n) is 5.14. The third kappa shape index (κ3) is 2.96. The zero-order valence-electron chi connectivity index (χ0n) is 15.3. The number of amides is 1. The minimum Gasteiger partial charge on any atom is -0.350 e. The second kappa shape index (κ2) is 6.72. The van der Waals surface area contributed by atoms with Gasteiger partial charge in [0, 0.05) is 61.9 Å². The Bertz CT molecular complexity index is 938. The van der Waals surface area contributed by atoms with Gasteiger partial charge in [0.1, 0.15) is 5.82 Å². The summed E-state index contributed by atoms with van der Waals surface area (Å²) in [5.41, 5.74) is 2.27. The lowest BCUT2D eigenvalue weighted by Crippen LogP contribution is -2.49. The molecule has 1 saturated heterocycles. The molecule has 3 aromatic rings. The molecule has 0 saturated carbocycles. The van der Waals surface area contributed by atoms with Crippen LogP contribution in [0.4, 0.5) is 5.13 Å². The van der Waals surface area contributed by atoms with E-state index in [1.807, 2.05) is 37.9 Å². The molecule has 4 rings (SSSR count). The van der Waals surface area contributed by atoms with Crippen LogP contribution in [0.2, 0.25) is 0 Å². The van der Waals surface area contributed by atoms with Gasteiger partial charge in [0.2, 0.25) is 11.0 Å². The van der Waals surface area contributed by atoms with Crippen LogP contribution in [0, 0.1) is 6.92 Å². The lowest BCUT2D eigenvalue weighted by atomic mass is 9.98. The van der Waals surface area contributed by atoms with Crippen molar-refractivity contribution in [1.29, 1.82) is 0 Å². The first-order valence-corrected chi connectivity index (χ1v) is 9.70. The van der Waals surface area contributed by atoms with Gasteiger partial charge in [-0.15, -0.1) is 0 Å². The lowest BCUT2D eigenvalue weighted by molar-refractivity contribution is -0.132. The number of aryl methyl sites for hydroxylation is 2. The van der Waals surface area contributed by atoms with E-state index in [0.717, 1.165) is 42.7 Å². The molecule has 1 amide bonds. The second-order valence-electron chi connectivity index (χ2n) is 6.87. The summed E-state index contributed by atoms with van der Waals surface area (Å²) >= 11 is 1.43. The van der Waals surface area contributed by atoms with Crippen LogP contribution >= 0.6 is 11.5 Å². The molecule has 1 aromatic carbocycles. The molecule has 1 aliphatic heterocycles. The van der Waals surface area contributed by atoms with Crippen molar-refractivity contribution in [3.63, 3.8) is 0 Å². The fourth-order valence-electron chi connectivity index (χ4n) is 3.66. The molecule has 0 spiro atoms. The largest absolute Gasteiger partial charge is 0.350 e. The van der Waals surface area contributed by atoms with Gasteiger partial charge in [-0.05, 0) is 25.5 Å². The predicted molar refractivity (Wildman–Crippen MR) is 105 cm³/mol. The maximum atomic E-state index is 13.1. The number of para-hydroxylation sites is 1. The Labute approximate surface area is 157 Å². The first-order chi connectivity index (χ1) is 12.5. The van der Waals surface area contributed by atoms with Crippen molar-refractivity contribution in [3.8, 4) is 0 Å². The van der Waals surface area contributed by atoms with Crippen LogP contribution in [0.5, 0.6) is 0 Å². The smallest absolute Gasteiger partial charge is 0.230 e. The Kier molecular flexibility index (Phi) is 4.40. The van der Waals surface area contributed by atoms with Crippen molar-refractivity contribution in [2.24, 2.45) is 7.05 Å². The third-order valence-corrected chi connectivity index (χ3v) is 6.01. The monoisotopic (exact) mass is 369 g/mol. The van der Waals surface area contributed by atoms with Crippen molar-refractivity contribution in [2.75, 3.05) is 31.1 Å². The Balaban J connectivity index is 1.48. The summed E-state index contributed by atoms with van der Waals surface area (Å²) in [6.07, 6.45) is 2.09. The molecule has 1 unspecified atom stereocenters. The van der Waals surface area contributed by atoms with Gasteiger partial charge in [-0.25, -0.2) is 4.98 Å². The highest BCUT2D eigenvalue weighted by atomic mass is 32.1. The minimum atomic E-state index is -0.142. The van der Waals surface area contributed by atoms with E-state index < -0.39 is 0 Å². The number of carbonyl (C=O) groups is 1. The molecule has 3 heterocycles. The Morgan fingerprint density at radius 2 is 1.92 bits per heavy atom. The molecule has 1 aliphatic rings. The fourth-order valence-corrected chi connectivity index (χ4v) is 4.38. The number of benzene rings is 1. The number of fused-ring (bicyclic) bond motifs is 1. The fraction of sp³-hybridized carbons (Fsp3) is 0.421.